The molecule has 1 N–H and O–H groups in total. The maximum absolute atomic E-state index is 14.5. The number of nitrogens with one attached hydrogen (secondary N) is 1. The summed E-state index contributed by atoms with van der Waals surface area (Å²) in [5.74, 6) is -2.23. The summed E-state index contributed by atoms with van der Waals surface area (Å²) >= 11 is 12.7. The number of anilines is 1. The van der Waals surface area contributed by atoms with Gasteiger partial charge in [-0.3, -0.25) is 9.59 Å². The van der Waals surface area contributed by atoms with Gasteiger partial charge in [-0.2, -0.15) is 0 Å². The second-order valence-corrected chi connectivity index (χ2v) is 9.96. The van der Waals surface area contributed by atoms with E-state index < -0.39 is 35.2 Å². The van der Waals surface area contributed by atoms with Crippen LogP contribution in [0.5, 0.6) is 0 Å². The van der Waals surface area contributed by atoms with Gasteiger partial charge in [-0.1, -0.05) is 53.6 Å². The molecule has 3 aliphatic rings. The number of carbonyl (C=O) groups excluding carboxylic acids is 3. The van der Waals surface area contributed by atoms with Gasteiger partial charge >= 0.3 is 6.09 Å². The van der Waals surface area contributed by atoms with E-state index in [9.17, 15) is 18.8 Å². The van der Waals surface area contributed by atoms with E-state index in [-0.39, 0.29) is 30.5 Å². The molecule has 186 valence electrons. The lowest BCUT2D eigenvalue weighted by molar-refractivity contribution is -0.136. The molecule has 0 bridgehead atoms. The van der Waals surface area contributed by atoms with Crippen molar-refractivity contribution in [3.8, 4) is 0 Å². The number of allylic oxidation sites excluding steroid dienone is 4. The van der Waals surface area contributed by atoms with Crippen LogP contribution in [0.2, 0.25) is 5.02 Å². The van der Waals surface area contributed by atoms with Crippen LogP contribution in [-0.2, 0) is 19.7 Å². The predicted octanol–water partition coefficient (Wildman–Crippen LogP) is 5.80. The Balaban J connectivity index is 1.80. The van der Waals surface area contributed by atoms with Gasteiger partial charge in [0.15, 0.2) is 0 Å². The molecule has 1 unspecified atom stereocenters. The molecule has 2 aromatic carbocycles. The van der Waals surface area contributed by atoms with Crippen LogP contribution in [0.4, 0.5) is 14.9 Å². The number of carbonyl (C=O) groups is 3. The van der Waals surface area contributed by atoms with Crippen LogP contribution in [0.1, 0.15) is 36.9 Å². The number of hydrogen-bond acceptors (Lipinski definition) is 4. The molecule has 0 radical (unpaired) electrons. The van der Waals surface area contributed by atoms with Crippen LogP contribution >= 0.6 is 23.2 Å². The third kappa shape index (κ3) is 3.82. The molecule has 1 saturated heterocycles. The normalized spacial score (nSPS) is 27.1. The molecule has 2 heterocycles. The zero-order valence-corrected chi connectivity index (χ0v) is 20.9. The second-order valence-electron chi connectivity index (χ2n) is 9.09. The Morgan fingerprint density at radius 3 is 2.75 bits per heavy atom. The number of nitrogens with zero attached hydrogens (tertiary/aromatic N) is 1. The van der Waals surface area contributed by atoms with Crippen LogP contribution in [0.15, 0.2) is 65.7 Å². The van der Waals surface area contributed by atoms with Gasteiger partial charge in [0.1, 0.15) is 11.2 Å². The topological polar surface area (TPSA) is 75.7 Å². The second kappa shape index (κ2) is 9.37. The quantitative estimate of drug-likeness (QED) is 0.546. The number of hydrogen-bond donors (Lipinski definition) is 1. The molecule has 3 amide bonds. The fourth-order valence-corrected chi connectivity index (χ4v) is 6.25. The molecule has 2 aliphatic heterocycles. The molecule has 1 aliphatic carbocycles. The Kier molecular flexibility index (Phi) is 6.39. The number of amides is 3. The molecule has 0 aromatic heterocycles. The Bertz CT molecular complexity index is 1330. The maximum atomic E-state index is 14.5. The van der Waals surface area contributed by atoms with Crippen LogP contribution in [0.3, 0.4) is 0 Å². The summed E-state index contributed by atoms with van der Waals surface area (Å²) in [5, 5.41) is 3.77. The minimum atomic E-state index is -1.45. The first-order valence-corrected chi connectivity index (χ1v) is 12.4. The molecule has 36 heavy (non-hydrogen) atoms. The maximum Gasteiger partial charge on any atom is 0.421 e. The van der Waals surface area contributed by atoms with Gasteiger partial charge in [0.05, 0.1) is 18.3 Å². The molecular weight excluding hydrogens is 506 g/mol. The Morgan fingerprint density at radius 1 is 1.22 bits per heavy atom. The van der Waals surface area contributed by atoms with E-state index in [1.807, 2.05) is 12.2 Å². The lowest BCUT2D eigenvalue weighted by atomic mass is 9.57. The van der Waals surface area contributed by atoms with E-state index in [0.717, 1.165) is 4.90 Å². The van der Waals surface area contributed by atoms with Crippen molar-refractivity contribution >= 4 is 46.8 Å². The van der Waals surface area contributed by atoms with Crippen molar-refractivity contribution in [1.29, 1.82) is 0 Å². The standard InChI is InChI=1S/C27H23Cl2FN2O4/c1-2-36-26(35)32-22-13-18(29)9-10-20(22)27(25(32)34)21(15-5-3-7-17(28)11-15)14-23(33)31-24(27)16-6-4-8-19(30)12-16/h3-4,6-13,15,21,24H,2,5,14H2,1H3,(H,31,33)/t15?,21-,24-,27-/m0/s1. The van der Waals surface area contributed by atoms with Gasteiger partial charge in [0, 0.05) is 16.5 Å². The summed E-state index contributed by atoms with van der Waals surface area (Å²) in [6.45, 7) is 1.71. The SMILES string of the molecule is CCOC(=O)N1C(=O)[C@]2(c3ccc(Cl)cc31)[C@H](c1cccc(F)c1)NC(=O)C[C@H]2C1C=C(Cl)C=CC1. The zero-order chi connectivity index (χ0) is 25.6. The lowest BCUT2D eigenvalue weighted by Gasteiger charge is -2.49. The van der Waals surface area contributed by atoms with Crippen molar-refractivity contribution < 1.29 is 23.5 Å². The number of halogens is 3. The number of imide groups is 1. The van der Waals surface area contributed by atoms with E-state index in [0.29, 0.717) is 27.6 Å². The van der Waals surface area contributed by atoms with E-state index in [2.05, 4.69) is 5.32 Å². The summed E-state index contributed by atoms with van der Waals surface area (Å²) in [5.41, 5.74) is -0.231. The monoisotopic (exact) mass is 528 g/mol. The summed E-state index contributed by atoms with van der Waals surface area (Å²) < 4.78 is 19.7. The smallest absolute Gasteiger partial charge is 0.421 e. The van der Waals surface area contributed by atoms with Gasteiger partial charge in [0.25, 0.3) is 0 Å². The average molecular weight is 529 g/mol. The summed E-state index contributed by atoms with van der Waals surface area (Å²) in [6.07, 6.45) is 5.22. The van der Waals surface area contributed by atoms with Crippen molar-refractivity contribution in [3.05, 3.63) is 87.7 Å². The van der Waals surface area contributed by atoms with E-state index in [1.165, 1.54) is 18.2 Å². The largest absolute Gasteiger partial charge is 0.449 e. The van der Waals surface area contributed by atoms with Crippen molar-refractivity contribution in [2.45, 2.75) is 31.2 Å². The van der Waals surface area contributed by atoms with Crippen molar-refractivity contribution in [3.63, 3.8) is 0 Å². The summed E-state index contributed by atoms with van der Waals surface area (Å²) in [7, 11) is 0. The first-order chi connectivity index (χ1) is 17.3. The Hall–Kier alpha value is -3.16. The average Bonchev–Trinajstić information content (AvgIpc) is 3.08. The van der Waals surface area contributed by atoms with Crippen molar-refractivity contribution in [2.24, 2.45) is 11.8 Å². The first kappa shape index (κ1) is 24.5. The van der Waals surface area contributed by atoms with Crippen LogP contribution in [-0.4, -0.2) is 24.5 Å². The summed E-state index contributed by atoms with van der Waals surface area (Å²) in [6, 6.07) is 9.72. The van der Waals surface area contributed by atoms with Crippen LogP contribution in [0.25, 0.3) is 0 Å². The van der Waals surface area contributed by atoms with E-state index >= 15 is 0 Å². The molecular formula is C27H23Cl2FN2O4. The zero-order valence-electron chi connectivity index (χ0n) is 19.3. The predicted molar refractivity (Wildman–Crippen MR) is 134 cm³/mol. The number of fused-ring (bicyclic) bond motifs is 2. The molecule has 1 spiro atoms. The fourth-order valence-electron chi connectivity index (χ4n) is 5.83. The number of ether oxygens (including phenoxy) is 1. The molecule has 6 nitrogen and oxygen atoms in total. The molecule has 1 fully saturated rings. The highest BCUT2D eigenvalue weighted by Gasteiger charge is 2.65. The highest BCUT2D eigenvalue weighted by Crippen LogP contribution is 2.59. The molecule has 9 heteroatoms. The highest BCUT2D eigenvalue weighted by molar-refractivity contribution is 6.32. The highest BCUT2D eigenvalue weighted by atomic mass is 35.5. The molecule has 0 saturated carbocycles. The van der Waals surface area contributed by atoms with Crippen molar-refractivity contribution in [1.82, 2.24) is 5.32 Å². The van der Waals surface area contributed by atoms with Crippen LogP contribution in [0, 0.1) is 17.7 Å². The molecule has 4 atom stereocenters. The minimum Gasteiger partial charge on any atom is -0.449 e. The van der Waals surface area contributed by atoms with Gasteiger partial charge in [0.2, 0.25) is 11.8 Å². The number of benzene rings is 2. The minimum absolute atomic E-state index is 0.00939. The first-order valence-electron chi connectivity index (χ1n) is 11.7. The fraction of sp³-hybridized carbons (Fsp3) is 0.296. The molecule has 2 aromatic rings. The number of piperidine rings is 1. The third-order valence-corrected chi connectivity index (χ3v) is 7.65. The van der Waals surface area contributed by atoms with Crippen LogP contribution < -0.4 is 10.2 Å². The lowest BCUT2D eigenvalue weighted by Crippen LogP contribution is -2.61. The Labute approximate surface area is 217 Å². The van der Waals surface area contributed by atoms with E-state index in [4.69, 9.17) is 27.9 Å². The Morgan fingerprint density at radius 2 is 2.03 bits per heavy atom. The van der Waals surface area contributed by atoms with Gasteiger partial charge in [-0.15, -0.1) is 0 Å². The summed E-state index contributed by atoms with van der Waals surface area (Å²) in [4.78, 5) is 41.7. The van der Waals surface area contributed by atoms with Crippen molar-refractivity contribution in [2.75, 3.05) is 11.5 Å². The van der Waals surface area contributed by atoms with Gasteiger partial charge in [-0.05, 0) is 66.6 Å². The number of rotatable bonds is 3. The van der Waals surface area contributed by atoms with E-state index in [1.54, 1.807) is 37.3 Å². The van der Waals surface area contributed by atoms with Gasteiger partial charge < -0.3 is 10.1 Å². The van der Waals surface area contributed by atoms with Gasteiger partial charge in [-0.25, -0.2) is 14.1 Å². The third-order valence-electron chi connectivity index (χ3n) is 7.16. The molecule has 5 rings (SSSR count).